The maximum absolute atomic E-state index is 12.4. The summed E-state index contributed by atoms with van der Waals surface area (Å²) in [7, 11) is 0. The topological polar surface area (TPSA) is 50.5 Å². The van der Waals surface area contributed by atoms with Crippen LogP contribution in [0.5, 0.6) is 0 Å². The third-order valence-corrected chi connectivity index (χ3v) is 5.40. The molecule has 0 unspecified atom stereocenters. The second kappa shape index (κ2) is 6.36. The molecule has 3 aromatic heterocycles. The Morgan fingerprint density at radius 3 is 2.92 bits per heavy atom. The smallest absolute Gasteiger partial charge is 0.227 e. The van der Waals surface area contributed by atoms with E-state index in [-0.39, 0.29) is 5.91 Å². The van der Waals surface area contributed by atoms with Crippen molar-refractivity contribution in [1.82, 2.24) is 19.5 Å². The Kier molecular flexibility index (Phi) is 4.06. The number of piperidine rings is 1. The van der Waals surface area contributed by atoms with Gasteiger partial charge in [0.15, 0.2) is 5.65 Å². The predicted molar refractivity (Wildman–Crippen MR) is 94.3 cm³/mol. The van der Waals surface area contributed by atoms with Crippen molar-refractivity contribution in [2.45, 2.75) is 32.1 Å². The summed E-state index contributed by atoms with van der Waals surface area (Å²) in [6, 6.07) is 6.10. The standard InChI is InChI=1S/C18H20N4OS/c1-13-10-17-19-16(4-8-22(17)20-13)15-2-6-21(7-3-15)18(23)11-14-5-9-24-12-14/h4-5,8-10,12,15H,2-3,6-7,11H2,1H3. The summed E-state index contributed by atoms with van der Waals surface area (Å²) in [6.07, 6.45) is 4.46. The van der Waals surface area contributed by atoms with Crippen molar-refractivity contribution in [2.24, 2.45) is 0 Å². The summed E-state index contributed by atoms with van der Waals surface area (Å²) >= 11 is 1.64. The van der Waals surface area contributed by atoms with Crippen LogP contribution in [0.2, 0.25) is 0 Å². The van der Waals surface area contributed by atoms with Crippen molar-refractivity contribution in [3.63, 3.8) is 0 Å². The highest BCUT2D eigenvalue weighted by Gasteiger charge is 2.25. The Bertz CT molecular complexity index is 847. The van der Waals surface area contributed by atoms with Crippen LogP contribution < -0.4 is 0 Å². The first-order valence-electron chi connectivity index (χ1n) is 8.31. The molecule has 1 saturated heterocycles. The van der Waals surface area contributed by atoms with Gasteiger partial charge in [-0.15, -0.1) is 0 Å². The molecule has 0 radical (unpaired) electrons. The number of nitrogens with zero attached hydrogens (tertiary/aromatic N) is 4. The van der Waals surface area contributed by atoms with Gasteiger partial charge < -0.3 is 4.90 Å². The van der Waals surface area contributed by atoms with Gasteiger partial charge in [-0.3, -0.25) is 4.79 Å². The van der Waals surface area contributed by atoms with Crippen LogP contribution >= 0.6 is 11.3 Å². The summed E-state index contributed by atoms with van der Waals surface area (Å²) < 4.78 is 1.82. The van der Waals surface area contributed by atoms with Gasteiger partial charge in [-0.1, -0.05) is 0 Å². The van der Waals surface area contributed by atoms with E-state index in [1.807, 2.05) is 40.0 Å². The summed E-state index contributed by atoms with van der Waals surface area (Å²) in [5.74, 6) is 0.664. The minimum Gasteiger partial charge on any atom is -0.342 e. The second-order valence-corrected chi connectivity index (χ2v) is 7.18. The van der Waals surface area contributed by atoms with Crippen LogP contribution in [-0.2, 0) is 11.2 Å². The van der Waals surface area contributed by atoms with Crippen molar-refractivity contribution < 1.29 is 4.79 Å². The maximum Gasteiger partial charge on any atom is 0.227 e. The van der Waals surface area contributed by atoms with Crippen molar-refractivity contribution in [3.8, 4) is 0 Å². The molecular formula is C18H20N4OS. The normalized spacial score (nSPS) is 16.0. The van der Waals surface area contributed by atoms with Gasteiger partial charge in [0.25, 0.3) is 0 Å². The molecule has 1 aliphatic heterocycles. The number of aryl methyl sites for hydroxylation is 1. The van der Waals surface area contributed by atoms with E-state index in [0.29, 0.717) is 12.3 Å². The van der Waals surface area contributed by atoms with Gasteiger partial charge in [0.05, 0.1) is 12.1 Å². The Morgan fingerprint density at radius 2 is 2.17 bits per heavy atom. The van der Waals surface area contributed by atoms with Gasteiger partial charge in [0.2, 0.25) is 5.91 Å². The number of hydrogen-bond acceptors (Lipinski definition) is 4. The van der Waals surface area contributed by atoms with E-state index < -0.39 is 0 Å². The maximum atomic E-state index is 12.4. The average Bonchev–Trinajstić information content (AvgIpc) is 3.22. The fraction of sp³-hybridized carbons (Fsp3) is 0.389. The van der Waals surface area contributed by atoms with E-state index in [4.69, 9.17) is 4.98 Å². The molecule has 0 atom stereocenters. The molecule has 0 bridgehead atoms. The number of hydrogen-bond donors (Lipinski definition) is 0. The zero-order valence-electron chi connectivity index (χ0n) is 13.7. The largest absolute Gasteiger partial charge is 0.342 e. The zero-order chi connectivity index (χ0) is 16.5. The molecule has 24 heavy (non-hydrogen) atoms. The van der Waals surface area contributed by atoms with Crippen LogP contribution in [0, 0.1) is 6.92 Å². The fourth-order valence-electron chi connectivity index (χ4n) is 3.34. The lowest BCUT2D eigenvalue weighted by molar-refractivity contribution is -0.131. The van der Waals surface area contributed by atoms with E-state index in [0.717, 1.165) is 48.5 Å². The lowest BCUT2D eigenvalue weighted by atomic mass is 9.93. The molecule has 4 rings (SSSR count). The molecular weight excluding hydrogens is 320 g/mol. The molecule has 1 amide bonds. The molecule has 4 heterocycles. The number of likely N-dealkylation sites (tertiary alicyclic amines) is 1. The molecule has 1 fully saturated rings. The van der Waals surface area contributed by atoms with Crippen molar-refractivity contribution in [2.75, 3.05) is 13.1 Å². The third-order valence-electron chi connectivity index (χ3n) is 4.67. The molecule has 0 aliphatic carbocycles. The molecule has 1 aliphatic rings. The van der Waals surface area contributed by atoms with Gasteiger partial charge in [-0.25, -0.2) is 9.50 Å². The molecule has 6 heteroatoms. The van der Waals surface area contributed by atoms with Crippen LogP contribution in [0.3, 0.4) is 0 Å². The first-order valence-corrected chi connectivity index (χ1v) is 9.25. The van der Waals surface area contributed by atoms with Crippen LogP contribution in [-0.4, -0.2) is 38.5 Å². The summed E-state index contributed by atoms with van der Waals surface area (Å²) in [5, 5.41) is 8.45. The van der Waals surface area contributed by atoms with E-state index in [1.165, 1.54) is 0 Å². The van der Waals surface area contributed by atoms with Crippen LogP contribution in [0.25, 0.3) is 5.65 Å². The molecule has 0 saturated carbocycles. The van der Waals surface area contributed by atoms with Gasteiger partial charge >= 0.3 is 0 Å². The lowest BCUT2D eigenvalue weighted by Gasteiger charge is -2.31. The number of carbonyl (C=O) groups excluding carboxylic acids is 1. The van der Waals surface area contributed by atoms with Gasteiger partial charge in [0.1, 0.15) is 0 Å². The highest BCUT2D eigenvalue weighted by Crippen LogP contribution is 2.27. The molecule has 3 aromatic rings. The lowest BCUT2D eigenvalue weighted by Crippen LogP contribution is -2.38. The molecule has 0 spiro atoms. The summed E-state index contributed by atoms with van der Waals surface area (Å²) in [4.78, 5) is 19.1. The predicted octanol–water partition coefficient (Wildman–Crippen LogP) is 3.05. The first kappa shape index (κ1) is 15.3. The molecule has 5 nitrogen and oxygen atoms in total. The zero-order valence-corrected chi connectivity index (χ0v) is 14.5. The van der Waals surface area contributed by atoms with Crippen molar-refractivity contribution >= 4 is 22.9 Å². The van der Waals surface area contributed by atoms with Crippen molar-refractivity contribution in [1.29, 1.82) is 0 Å². The number of amides is 1. The summed E-state index contributed by atoms with van der Waals surface area (Å²) in [6.45, 7) is 3.61. The van der Waals surface area contributed by atoms with Crippen LogP contribution in [0.4, 0.5) is 0 Å². The Labute approximate surface area is 144 Å². The molecule has 124 valence electrons. The quantitative estimate of drug-likeness (QED) is 0.736. The number of fused-ring (bicyclic) bond motifs is 1. The minimum atomic E-state index is 0.238. The monoisotopic (exact) mass is 340 g/mol. The number of carbonyl (C=O) groups is 1. The third kappa shape index (κ3) is 3.06. The first-order chi connectivity index (χ1) is 11.7. The molecule has 0 aromatic carbocycles. The number of aromatic nitrogens is 3. The SMILES string of the molecule is Cc1cc2nc(C3CCN(C(=O)Cc4ccsc4)CC3)ccn2n1. The number of thiophene rings is 1. The highest BCUT2D eigenvalue weighted by atomic mass is 32.1. The van der Waals surface area contributed by atoms with Crippen molar-refractivity contribution in [3.05, 3.63) is 52.1 Å². The summed E-state index contributed by atoms with van der Waals surface area (Å²) in [5.41, 5.74) is 4.12. The molecule has 0 N–H and O–H groups in total. The highest BCUT2D eigenvalue weighted by molar-refractivity contribution is 7.08. The van der Waals surface area contributed by atoms with Gasteiger partial charge in [-0.2, -0.15) is 16.4 Å². The Balaban J connectivity index is 1.40. The van der Waals surface area contributed by atoms with E-state index in [1.54, 1.807) is 11.3 Å². The second-order valence-electron chi connectivity index (χ2n) is 6.40. The van der Waals surface area contributed by atoms with Crippen LogP contribution in [0.1, 0.15) is 35.7 Å². The van der Waals surface area contributed by atoms with Gasteiger partial charge in [-0.05, 0) is 48.2 Å². The van der Waals surface area contributed by atoms with E-state index >= 15 is 0 Å². The van der Waals surface area contributed by atoms with Crippen LogP contribution in [0.15, 0.2) is 35.2 Å². The fourth-order valence-corrected chi connectivity index (χ4v) is 4.01. The van der Waals surface area contributed by atoms with E-state index in [9.17, 15) is 4.79 Å². The van der Waals surface area contributed by atoms with Gasteiger partial charge in [0, 0.05) is 37.0 Å². The Hall–Kier alpha value is -2.21. The van der Waals surface area contributed by atoms with E-state index in [2.05, 4.69) is 16.5 Å². The average molecular weight is 340 g/mol. The number of rotatable bonds is 3. The minimum absolute atomic E-state index is 0.238. The Morgan fingerprint density at radius 1 is 1.33 bits per heavy atom.